The zero-order chi connectivity index (χ0) is 19.7. The van der Waals surface area contributed by atoms with Gasteiger partial charge in [-0.25, -0.2) is 0 Å². The van der Waals surface area contributed by atoms with E-state index in [0.29, 0.717) is 5.02 Å². The third-order valence-electron chi connectivity index (χ3n) is 6.40. The van der Waals surface area contributed by atoms with Gasteiger partial charge in [-0.1, -0.05) is 35.9 Å². The Morgan fingerprint density at radius 2 is 1.93 bits per heavy atom. The molecule has 2 unspecified atom stereocenters. The van der Waals surface area contributed by atoms with E-state index in [1.807, 2.05) is 49.4 Å². The summed E-state index contributed by atoms with van der Waals surface area (Å²) in [4.78, 5) is 13.2. The highest BCUT2D eigenvalue weighted by Crippen LogP contribution is 2.58. The zero-order valence-corrected chi connectivity index (χ0v) is 18.4. The Hall–Kier alpha value is -1.75. The van der Waals surface area contributed by atoms with Gasteiger partial charge >= 0.3 is 0 Å². The number of rotatable bonds is 5. The molecule has 2 fully saturated rings. The van der Waals surface area contributed by atoms with Crippen LogP contribution >= 0.6 is 24.0 Å². The number of hydrogen-bond acceptors (Lipinski definition) is 3. The van der Waals surface area contributed by atoms with E-state index >= 15 is 0 Å². The van der Waals surface area contributed by atoms with Crippen LogP contribution < -0.4 is 15.4 Å². The van der Waals surface area contributed by atoms with Crippen LogP contribution in [0.3, 0.4) is 0 Å². The number of benzene rings is 2. The van der Waals surface area contributed by atoms with Gasteiger partial charge in [0.05, 0.1) is 13.2 Å². The van der Waals surface area contributed by atoms with Gasteiger partial charge in [-0.2, -0.15) is 0 Å². The monoisotopic (exact) mass is 434 g/mol. The molecule has 156 valence electrons. The molecule has 4 nitrogen and oxygen atoms in total. The molecule has 1 saturated carbocycles. The van der Waals surface area contributed by atoms with Gasteiger partial charge in [0.2, 0.25) is 5.91 Å². The summed E-state index contributed by atoms with van der Waals surface area (Å²) in [5.41, 5.74) is 3.24. The Bertz CT molecular complexity index is 881. The SMILES string of the molecule is COc1ccc(C(NC(=O)C2CC23CCNCC3)c2ccccc2Cl)c(C)c1.Cl. The van der Waals surface area contributed by atoms with Crippen LogP contribution in [0.5, 0.6) is 5.75 Å². The van der Waals surface area contributed by atoms with E-state index in [0.717, 1.165) is 54.8 Å². The summed E-state index contributed by atoms with van der Waals surface area (Å²) in [7, 11) is 1.66. The summed E-state index contributed by atoms with van der Waals surface area (Å²) in [6, 6.07) is 13.4. The molecule has 1 saturated heterocycles. The molecule has 2 aliphatic rings. The molecule has 2 atom stereocenters. The van der Waals surface area contributed by atoms with E-state index < -0.39 is 0 Å². The van der Waals surface area contributed by atoms with Gasteiger partial charge in [-0.3, -0.25) is 4.79 Å². The topological polar surface area (TPSA) is 50.4 Å². The Kier molecular flexibility index (Phi) is 6.77. The molecule has 0 radical (unpaired) electrons. The number of piperidine rings is 1. The Morgan fingerprint density at radius 1 is 1.21 bits per heavy atom. The number of amides is 1. The first-order chi connectivity index (χ1) is 13.5. The fourth-order valence-corrected chi connectivity index (χ4v) is 4.81. The number of hydrogen-bond donors (Lipinski definition) is 2. The van der Waals surface area contributed by atoms with Gasteiger partial charge < -0.3 is 15.4 Å². The van der Waals surface area contributed by atoms with Crippen molar-refractivity contribution in [1.29, 1.82) is 0 Å². The third-order valence-corrected chi connectivity index (χ3v) is 6.74. The molecule has 2 N–H and O–H groups in total. The van der Waals surface area contributed by atoms with Gasteiger partial charge in [-0.05, 0) is 79.6 Å². The number of aryl methyl sites for hydroxylation is 1. The maximum atomic E-state index is 13.2. The normalized spacial score (nSPS) is 20.4. The summed E-state index contributed by atoms with van der Waals surface area (Å²) in [6.07, 6.45) is 3.17. The van der Waals surface area contributed by atoms with Gasteiger partial charge in [0, 0.05) is 10.9 Å². The third kappa shape index (κ3) is 4.40. The van der Waals surface area contributed by atoms with Crippen molar-refractivity contribution in [3.05, 3.63) is 64.2 Å². The minimum Gasteiger partial charge on any atom is -0.497 e. The second kappa shape index (κ2) is 8.95. The lowest BCUT2D eigenvalue weighted by atomic mass is 9.91. The second-order valence-corrected chi connectivity index (χ2v) is 8.46. The van der Waals surface area contributed by atoms with Crippen molar-refractivity contribution in [3.8, 4) is 5.75 Å². The van der Waals surface area contributed by atoms with E-state index in [1.54, 1.807) is 7.11 Å². The molecule has 4 rings (SSSR count). The number of nitrogens with one attached hydrogen (secondary N) is 2. The van der Waals surface area contributed by atoms with E-state index in [1.165, 1.54) is 0 Å². The fourth-order valence-electron chi connectivity index (χ4n) is 4.57. The fraction of sp³-hybridized carbons (Fsp3) is 0.435. The molecule has 1 aliphatic carbocycles. The number of carbonyl (C=O) groups excluding carboxylic acids is 1. The van der Waals surface area contributed by atoms with Gasteiger partial charge in [0.25, 0.3) is 0 Å². The van der Waals surface area contributed by atoms with Crippen molar-refractivity contribution in [2.24, 2.45) is 11.3 Å². The Balaban J connectivity index is 0.00000240. The molecule has 1 aliphatic heterocycles. The van der Waals surface area contributed by atoms with Crippen LogP contribution in [0.25, 0.3) is 0 Å². The summed E-state index contributed by atoms with van der Waals surface area (Å²) in [6.45, 7) is 4.06. The highest BCUT2D eigenvalue weighted by Gasteiger charge is 2.57. The largest absolute Gasteiger partial charge is 0.497 e. The number of halogens is 2. The summed E-state index contributed by atoms with van der Waals surface area (Å²) in [5, 5.41) is 7.38. The van der Waals surface area contributed by atoms with E-state index in [-0.39, 0.29) is 35.7 Å². The maximum Gasteiger partial charge on any atom is 0.224 e. The molecule has 2 aromatic carbocycles. The van der Waals surface area contributed by atoms with Crippen LogP contribution in [0.2, 0.25) is 5.02 Å². The van der Waals surface area contributed by atoms with Gasteiger partial charge in [-0.15, -0.1) is 12.4 Å². The number of methoxy groups -OCH3 is 1. The minimum absolute atomic E-state index is 0. The molecule has 0 aromatic heterocycles. The lowest BCUT2D eigenvalue weighted by molar-refractivity contribution is -0.123. The minimum atomic E-state index is -0.272. The van der Waals surface area contributed by atoms with Crippen LogP contribution in [-0.2, 0) is 4.79 Å². The molecule has 1 amide bonds. The van der Waals surface area contributed by atoms with Crippen LogP contribution in [0.15, 0.2) is 42.5 Å². The quantitative estimate of drug-likeness (QED) is 0.718. The second-order valence-electron chi connectivity index (χ2n) is 8.05. The van der Waals surface area contributed by atoms with Crippen LogP contribution in [0.1, 0.15) is 42.0 Å². The predicted molar refractivity (Wildman–Crippen MR) is 119 cm³/mol. The van der Waals surface area contributed by atoms with E-state index in [9.17, 15) is 4.79 Å². The lowest BCUT2D eigenvalue weighted by Crippen LogP contribution is -2.35. The van der Waals surface area contributed by atoms with Gasteiger partial charge in [0.1, 0.15) is 5.75 Å². The molecule has 2 aromatic rings. The highest BCUT2D eigenvalue weighted by atomic mass is 35.5. The van der Waals surface area contributed by atoms with Crippen molar-refractivity contribution >= 4 is 29.9 Å². The van der Waals surface area contributed by atoms with Crippen molar-refractivity contribution < 1.29 is 9.53 Å². The van der Waals surface area contributed by atoms with E-state index in [4.69, 9.17) is 16.3 Å². The zero-order valence-electron chi connectivity index (χ0n) is 16.8. The van der Waals surface area contributed by atoms with Crippen LogP contribution in [0.4, 0.5) is 0 Å². The average Bonchev–Trinajstić information content (AvgIpc) is 3.40. The van der Waals surface area contributed by atoms with Crippen molar-refractivity contribution in [2.45, 2.75) is 32.2 Å². The van der Waals surface area contributed by atoms with Gasteiger partial charge in [0.15, 0.2) is 0 Å². The summed E-state index contributed by atoms with van der Waals surface area (Å²) >= 11 is 6.52. The molecule has 29 heavy (non-hydrogen) atoms. The number of ether oxygens (including phenoxy) is 1. The molecule has 1 spiro atoms. The molecular weight excluding hydrogens is 407 g/mol. The molecule has 0 bridgehead atoms. The van der Waals surface area contributed by atoms with Crippen molar-refractivity contribution in [1.82, 2.24) is 10.6 Å². The van der Waals surface area contributed by atoms with Crippen molar-refractivity contribution in [2.75, 3.05) is 20.2 Å². The molecular formula is C23H28Cl2N2O2. The predicted octanol–water partition coefficient (Wildman–Crippen LogP) is 4.67. The summed E-state index contributed by atoms with van der Waals surface area (Å²) < 4.78 is 5.34. The smallest absolute Gasteiger partial charge is 0.224 e. The first-order valence-electron chi connectivity index (χ1n) is 9.94. The highest BCUT2D eigenvalue weighted by molar-refractivity contribution is 6.31. The van der Waals surface area contributed by atoms with E-state index in [2.05, 4.69) is 10.6 Å². The summed E-state index contributed by atoms with van der Waals surface area (Å²) in [5.74, 6) is 1.06. The van der Waals surface area contributed by atoms with Crippen molar-refractivity contribution in [3.63, 3.8) is 0 Å². The molecule has 1 heterocycles. The van der Waals surface area contributed by atoms with Crippen LogP contribution in [0, 0.1) is 18.3 Å². The molecule has 6 heteroatoms. The standard InChI is InChI=1S/C23H27ClN2O2.ClH/c1-15-13-16(28-2)7-8-17(15)21(18-5-3-4-6-20(18)24)26-22(27)19-14-23(19)9-11-25-12-10-23;/h3-8,13,19,21,25H,9-12,14H2,1-2H3,(H,26,27);1H. The van der Waals surface area contributed by atoms with Crippen LogP contribution in [-0.4, -0.2) is 26.1 Å². The first-order valence-corrected chi connectivity index (χ1v) is 10.3. The first kappa shape index (κ1) is 21.9. The average molecular weight is 435 g/mol. The number of carbonyl (C=O) groups is 1. The lowest BCUT2D eigenvalue weighted by Gasteiger charge is -2.26. The maximum absolute atomic E-state index is 13.2. The Morgan fingerprint density at radius 3 is 2.59 bits per heavy atom. The Labute approximate surface area is 183 Å².